The first-order valence-electron chi connectivity index (χ1n) is 6.93. The maximum Gasteiger partial charge on any atom is 0.259 e. The highest BCUT2D eigenvalue weighted by molar-refractivity contribution is 5.97. The third kappa shape index (κ3) is 2.48. The summed E-state index contributed by atoms with van der Waals surface area (Å²) in [5, 5.41) is 4.17. The number of aryl methyl sites for hydroxylation is 1. The lowest BCUT2D eigenvalue weighted by molar-refractivity contribution is -0.133. The van der Waals surface area contributed by atoms with Crippen LogP contribution in [-0.4, -0.2) is 56.9 Å². The van der Waals surface area contributed by atoms with Gasteiger partial charge in [-0.2, -0.15) is 5.10 Å². The molecule has 8 heteroatoms. The molecule has 1 aliphatic heterocycles. The second-order valence-corrected chi connectivity index (χ2v) is 5.11. The van der Waals surface area contributed by atoms with Crippen LogP contribution in [0.2, 0.25) is 0 Å². The first-order chi connectivity index (χ1) is 10.6. The molecular weight excluding hydrogens is 286 g/mol. The van der Waals surface area contributed by atoms with Crippen molar-refractivity contribution in [2.45, 2.75) is 6.10 Å². The molecule has 2 amide bonds. The first kappa shape index (κ1) is 14.3. The lowest BCUT2D eigenvalue weighted by Crippen LogP contribution is -2.50. The Balaban J connectivity index is 1.88. The molecule has 116 valence electrons. The van der Waals surface area contributed by atoms with Crippen molar-refractivity contribution in [3.8, 4) is 5.82 Å². The van der Waals surface area contributed by atoms with Crippen LogP contribution < -0.4 is 5.73 Å². The van der Waals surface area contributed by atoms with Crippen molar-refractivity contribution in [2.24, 2.45) is 12.8 Å². The molecule has 0 radical (unpaired) electrons. The Kier molecular flexibility index (Phi) is 3.68. The van der Waals surface area contributed by atoms with Gasteiger partial charge in [-0.15, -0.1) is 0 Å². The number of primary amides is 1. The molecule has 1 unspecified atom stereocenters. The summed E-state index contributed by atoms with van der Waals surface area (Å²) in [5.41, 5.74) is 5.73. The maximum absolute atomic E-state index is 12.7. The van der Waals surface area contributed by atoms with Crippen molar-refractivity contribution < 1.29 is 14.3 Å². The smallest absolute Gasteiger partial charge is 0.259 e. The molecule has 0 aliphatic carbocycles. The normalized spacial score (nSPS) is 18.4. The molecule has 3 rings (SSSR count). The Morgan fingerprint density at radius 2 is 2.09 bits per heavy atom. The number of nitrogens with two attached hydrogens (primary N) is 1. The van der Waals surface area contributed by atoms with Gasteiger partial charge in [-0.05, 0) is 12.1 Å². The molecule has 3 heterocycles. The number of carbonyl (C=O) groups excluding carboxylic acids is 2. The molecule has 2 N–H and O–H groups in total. The standard InChI is InChI=1S/C14H17N5O3/c1-17-13(18-4-2-3-5-18)10(8-16-17)14(21)19-6-7-22-11(9-19)12(15)20/h2-5,8,11H,6-7,9H2,1H3,(H2,15,20). The summed E-state index contributed by atoms with van der Waals surface area (Å²) in [4.78, 5) is 25.6. The van der Waals surface area contributed by atoms with Gasteiger partial charge in [-0.3, -0.25) is 14.3 Å². The number of hydrogen-bond acceptors (Lipinski definition) is 4. The zero-order valence-corrected chi connectivity index (χ0v) is 12.2. The fourth-order valence-electron chi connectivity index (χ4n) is 2.54. The van der Waals surface area contributed by atoms with Crippen LogP contribution in [0.25, 0.3) is 5.82 Å². The summed E-state index contributed by atoms with van der Waals surface area (Å²) < 4.78 is 8.73. The number of morpholine rings is 1. The number of amides is 2. The molecule has 2 aromatic heterocycles. The number of ether oxygens (including phenoxy) is 1. The van der Waals surface area contributed by atoms with Gasteiger partial charge in [0, 0.05) is 26.0 Å². The average molecular weight is 303 g/mol. The Morgan fingerprint density at radius 3 is 2.77 bits per heavy atom. The first-order valence-corrected chi connectivity index (χ1v) is 6.93. The van der Waals surface area contributed by atoms with Crippen molar-refractivity contribution >= 4 is 11.8 Å². The number of hydrogen-bond donors (Lipinski definition) is 1. The Labute approximate surface area is 127 Å². The third-order valence-corrected chi connectivity index (χ3v) is 3.66. The van der Waals surface area contributed by atoms with E-state index in [0.717, 1.165) is 0 Å². The summed E-state index contributed by atoms with van der Waals surface area (Å²) in [5.74, 6) is -0.0715. The van der Waals surface area contributed by atoms with Crippen molar-refractivity contribution in [1.29, 1.82) is 0 Å². The fourth-order valence-corrected chi connectivity index (χ4v) is 2.54. The van der Waals surface area contributed by atoms with Gasteiger partial charge in [0.1, 0.15) is 11.4 Å². The van der Waals surface area contributed by atoms with Gasteiger partial charge in [0.05, 0.1) is 19.3 Å². The Bertz CT molecular complexity index is 691. The van der Waals surface area contributed by atoms with Gasteiger partial charge >= 0.3 is 0 Å². The van der Waals surface area contributed by atoms with Gasteiger partial charge in [0.2, 0.25) is 5.91 Å². The zero-order valence-electron chi connectivity index (χ0n) is 12.2. The second kappa shape index (κ2) is 5.64. The van der Waals surface area contributed by atoms with E-state index in [0.29, 0.717) is 24.5 Å². The highest BCUT2D eigenvalue weighted by Gasteiger charge is 2.30. The molecule has 0 spiro atoms. The molecule has 22 heavy (non-hydrogen) atoms. The number of rotatable bonds is 3. The number of aromatic nitrogens is 3. The minimum Gasteiger partial charge on any atom is -0.367 e. The van der Waals surface area contributed by atoms with Crippen molar-refractivity contribution in [1.82, 2.24) is 19.2 Å². The summed E-state index contributed by atoms with van der Waals surface area (Å²) in [6.07, 6.45) is 4.47. The predicted octanol–water partition coefficient (Wildman–Crippen LogP) is -0.463. The minimum atomic E-state index is -0.760. The van der Waals surface area contributed by atoms with Crippen LogP contribution in [0.4, 0.5) is 0 Å². The summed E-state index contributed by atoms with van der Waals surface area (Å²) >= 11 is 0. The van der Waals surface area contributed by atoms with E-state index >= 15 is 0 Å². The van der Waals surface area contributed by atoms with Crippen LogP contribution in [0.15, 0.2) is 30.7 Å². The van der Waals surface area contributed by atoms with Gasteiger partial charge in [0.25, 0.3) is 5.91 Å². The van der Waals surface area contributed by atoms with E-state index in [1.165, 1.54) is 6.20 Å². The van der Waals surface area contributed by atoms with E-state index in [2.05, 4.69) is 5.10 Å². The molecule has 1 fully saturated rings. The molecule has 1 atom stereocenters. The lowest BCUT2D eigenvalue weighted by Gasteiger charge is -2.31. The average Bonchev–Trinajstić information content (AvgIpc) is 3.15. The summed E-state index contributed by atoms with van der Waals surface area (Å²) in [7, 11) is 1.78. The molecular formula is C14H17N5O3. The number of nitrogens with zero attached hydrogens (tertiary/aromatic N) is 4. The summed E-state index contributed by atoms with van der Waals surface area (Å²) in [6.45, 7) is 0.870. The Hall–Kier alpha value is -2.61. The topological polar surface area (TPSA) is 95.4 Å². The van der Waals surface area contributed by atoms with Gasteiger partial charge < -0.3 is 19.9 Å². The highest BCUT2D eigenvalue weighted by atomic mass is 16.5. The highest BCUT2D eigenvalue weighted by Crippen LogP contribution is 2.18. The van der Waals surface area contributed by atoms with Crippen molar-refractivity contribution in [2.75, 3.05) is 19.7 Å². The van der Waals surface area contributed by atoms with Crippen molar-refractivity contribution in [3.63, 3.8) is 0 Å². The van der Waals surface area contributed by atoms with Crippen LogP contribution in [0.5, 0.6) is 0 Å². The quantitative estimate of drug-likeness (QED) is 0.829. The largest absolute Gasteiger partial charge is 0.367 e. The molecule has 1 aliphatic rings. The predicted molar refractivity (Wildman–Crippen MR) is 77.4 cm³/mol. The fraction of sp³-hybridized carbons (Fsp3) is 0.357. The molecule has 1 saturated heterocycles. The van der Waals surface area contributed by atoms with E-state index in [1.807, 2.05) is 29.1 Å². The third-order valence-electron chi connectivity index (χ3n) is 3.66. The minimum absolute atomic E-state index is 0.161. The maximum atomic E-state index is 12.7. The van der Waals surface area contributed by atoms with E-state index < -0.39 is 12.0 Å². The monoisotopic (exact) mass is 303 g/mol. The second-order valence-electron chi connectivity index (χ2n) is 5.11. The van der Waals surface area contributed by atoms with Crippen LogP contribution in [0.1, 0.15) is 10.4 Å². The Morgan fingerprint density at radius 1 is 1.36 bits per heavy atom. The SMILES string of the molecule is Cn1ncc(C(=O)N2CCOC(C(N)=O)C2)c1-n1cccc1. The van der Waals surface area contributed by atoms with E-state index in [9.17, 15) is 9.59 Å². The number of carbonyl (C=O) groups is 2. The van der Waals surface area contributed by atoms with E-state index in [-0.39, 0.29) is 12.5 Å². The van der Waals surface area contributed by atoms with Crippen LogP contribution in [0.3, 0.4) is 0 Å². The molecule has 0 bridgehead atoms. The van der Waals surface area contributed by atoms with Crippen molar-refractivity contribution in [3.05, 3.63) is 36.3 Å². The lowest BCUT2D eigenvalue weighted by atomic mass is 10.2. The molecule has 8 nitrogen and oxygen atoms in total. The molecule has 0 saturated carbocycles. The van der Waals surface area contributed by atoms with Gasteiger partial charge in [-0.25, -0.2) is 0 Å². The summed E-state index contributed by atoms with van der Waals surface area (Å²) in [6, 6.07) is 3.75. The van der Waals surface area contributed by atoms with Gasteiger partial charge in [-0.1, -0.05) is 0 Å². The molecule has 0 aromatic carbocycles. The van der Waals surface area contributed by atoms with E-state index in [1.54, 1.807) is 16.6 Å². The zero-order chi connectivity index (χ0) is 15.7. The van der Waals surface area contributed by atoms with Crippen LogP contribution in [-0.2, 0) is 16.6 Å². The van der Waals surface area contributed by atoms with Crippen LogP contribution >= 0.6 is 0 Å². The van der Waals surface area contributed by atoms with Gasteiger partial charge in [0.15, 0.2) is 6.10 Å². The van der Waals surface area contributed by atoms with Crippen LogP contribution in [0, 0.1) is 0 Å². The van der Waals surface area contributed by atoms with E-state index in [4.69, 9.17) is 10.5 Å². The molecule has 2 aromatic rings.